The van der Waals surface area contributed by atoms with E-state index in [0.717, 1.165) is 88.9 Å². The van der Waals surface area contributed by atoms with Gasteiger partial charge in [0, 0.05) is 66.2 Å². The van der Waals surface area contributed by atoms with Crippen LogP contribution >= 0.6 is 0 Å². The number of furan rings is 2. The van der Waals surface area contributed by atoms with E-state index in [-0.39, 0.29) is 0 Å². The van der Waals surface area contributed by atoms with E-state index in [2.05, 4.69) is 210 Å². The Bertz CT molecular complexity index is 3830. The third-order valence-corrected chi connectivity index (χ3v) is 12.5. The normalized spacial score (nSPS) is 11.9. The second kappa shape index (κ2) is 13.6. The molecule has 3 aromatic heterocycles. The number of aromatic nitrogens is 1. The molecule has 0 atom stereocenters. The summed E-state index contributed by atoms with van der Waals surface area (Å²) in [6.07, 6.45) is 0. The van der Waals surface area contributed by atoms with E-state index < -0.39 is 0 Å². The molecule has 13 rings (SSSR count). The van der Waals surface area contributed by atoms with E-state index in [1.165, 1.54) is 32.6 Å². The maximum absolute atomic E-state index is 6.80. The predicted molar refractivity (Wildman–Crippen MR) is 258 cm³/mol. The van der Waals surface area contributed by atoms with Crippen molar-refractivity contribution in [3.8, 4) is 27.9 Å². The summed E-state index contributed by atoms with van der Waals surface area (Å²) in [5.74, 6) is 0. The number of rotatable bonds is 6. The number of anilines is 3. The highest BCUT2D eigenvalue weighted by Gasteiger charge is 2.22. The molecule has 0 fully saturated rings. The maximum atomic E-state index is 6.80. The highest BCUT2D eigenvalue weighted by molar-refractivity contribution is 6.13. The van der Waals surface area contributed by atoms with Crippen LogP contribution in [0.25, 0.3) is 104 Å². The Morgan fingerprint density at radius 1 is 0.323 bits per heavy atom. The topological polar surface area (TPSA) is 34.5 Å². The minimum Gasteiger partial charge on any atom is -0.455 e. The van der Waals surface area contributed by atoms with Crippen molar-refractivity contribution < 1.29 is 8.83 Å². The number of para-hydroxylation sites is 5. The predicted octanol–water partition coefficient (Wildman–Crippen LogP) is 16.5. The van der Waals surface area contributed by atoms with Gasteiger partial charge in [0.15, 0.2) is 0 Å². The lowest BCUT2D eigenvalue weighted by Crippen LogP contribution is -2.10. The first kappa shape index (κ1) is 34.5. The molecule has 0 saturated carbocycles. The molecule has 62 heavy (non-hydrogen) atoms. The van der Waals surface area contributed by atoms with Crippen molar-refractivity contribution in [1.29, 1.82) is 0 Å². The Hall–Kier alpha value is -8.34. The molecule has 0 bridgehead atoms. The van der Waals surface area contributed by atoms with Crippen molar-refractivity contribution in [2.24, 2.45) is 0 Å². The highest BCUT2D eigenvalue weighted by atomic mass is 16.3. The monoisotopic (exact) mass is 792 g/mol. The van der Waals surface area contributed by atoms with Crippen LogP contribution in [0.1, 0.15) is 0 Å². The average molecular weight is 793 g/mol. The van der Waals surface area contributed by atoms with Gasteiger partial charge in [0.05, 0.1) is 11.0 Å². The third kappa shape index (κ3) is 5.33. The summed E-state index contributed by atoms with van der Waals surface area (Å²) in [4.78, 5) is 2.37. The molecule has 0 aliphatic heterocycles. The lowest BCUT2D eigenvalue weighted by atomic mass is 9.99. The molecule has 0 aliphatic rings. The van der Waals surface area contributed by atoms with Crippen LogP contribution in [0.5, 0.6) is 0 Å². The minimum atomic E-state index is 0.862. The zero-order chi connectivity index (χ0) is 40.7. The Labute approximate surface area is 356 Å². The SMILES string of the molecule is c1cc(-c2cc(N(c3ccc(-c4cccc5c4oc4ccccc45)cc3)c3ccc4ccccc4c3)cc3c2oc2ccccc23)cc(-n2c3ccccc3c3ccccc32)c1. The molecule has 0 radical (unpaired) electrons. The molecule has 0 spiro atoms. The summed E-state index contributed by atoms with van der Waals surface area (Å²) in [5.41, 5.74) is 14.4. The van der Waals surface area contributed by atoms with Gasteiger partial charge in [-0.05, 0) is 94.7 Å². The van der Waals surface area contributed by atoms with Crippen LogP contribution in [-0.2, 0) is 0 Å². The van der Waals surface area contributed by atoms with Gasteiger partial charge >= 0.3 is 0 Å². The van der Waals surface area contributed by atoms with Crippen LogP contribution in [0.3, 0.4) is 0 Å². The van der Waals surface area contributed by atoms with Crippen LogP contribution in [0.15, 0.2) is 227 Å². The van der Waals surface area contributed by atoms with E-state index in [0.29, 0.717) is 0 Å². The summed E-state index contributed by atoms with van der Waals surface area (Å²) < 4.78 is 15.7. The first-order valence-corrected chi connectivity index (χ1v) is 21.1. The molecule has 290 valence electrons. The first-order valence-electron chi connectivity index (χ1n) is 21.1. The van der Waals surface area contributed by atoms with Crippen molar-refractivity contribution in [1.82, 2.24) is 4.57 Å². The Morgan fingerprint density at radius 2 is 0.903 bits per heavy atom. The maximum Gasteiger partial charge on any atom is 0.143 e. The Morgan fingerprint density at radius 3 is 1.65 bits per heavy atom. The van der Waals surface area contributed by atoms with Gasteiger partial charge in [-0.15, -0.1) is 0 Å². The Kier molecular flexibility index (Phi) is 7.57. The number of benzene rings is 10. The quantitative estimate of drug-likeness (QED) is 0.168. The van der Waals surface area contributed by atoms with Gasteiger partial charge in [0.25, 0.3) is 0 Å². The second-order valence-electron chi connectivity index (χ2n) is 16.1. The van der Waals surface area contributed by atoms with Crippen molar-refractivity contribution >= 4 is 93.5 Å². The minimum absolute atomic E-state index is 0.862. The van der Waals surface area contributed by atoms with Gasteiger partial charge < -0.3 is 18.3 Å². The second-order valence-corrected chi connectivity index (χ2v) is 16.1. The molecule has 13 aromatic rings. The summed E-state index contributed by atoms with van der Waals surface area (Å²) in [6, 6.07) is 78.0. The lowest BCUT2D eigenvalue weighted by molar-refractivity contribution is 0.669. The first-order chi connectivity index (χ1) is 30.7. The molecule has 10 aromatic carbocycles. The molecule has 0 unspecified atom stereocenters. The van der Waals surface area contributed by atoms with Crippen LogP contribution in [0.4, 0.5) is 17.1 Å². The smallest absolute Gasteiger partial charge is 0.143 e. The van der Waals surface area contributed by atoms with Crippen molar-refractivity contribution in [3.05, 3.63) is 218 Å². The molecule has 0 aliphatic carbocycles. The van der Waals surface area contributed by atoms with Crippen LogP contribution in [0, 0.1) is 0 Å². The zero-order valence-electron chi connectivity index (χ0n) is 33.5. The average Bonchev–Trinajstić information content (AvgIpc) is 4.02. The molecule has 0 N–H and O–H groups in total. The molecule has 3 heterocycles. The number of hydrogen-bond acceptors (Lipinski definition) is 3. The van der Waals surface area contributed by atoms with Crippen molar-refractivity contribution in [2.75, 3.05) is 4.90 Å². The molecule has 4 heteroatoms. The van der Waals surface area contributed by atoms with Crippen LogP contribution in [-0.4, -0.2) is 4.57 Å². The fourth-order valence-electron chi connectivity index (χ4n) is 9.70. The van der Waals surface area contributed by atoms with Crippen molar-refractivity contribution in [2.45, 2.75) is 0 Å². The summed E-state index contributed by atoms with van der Waals surface area (Å²) in [7, 11) is 0. The largest absolute Gasteiger partial charge is 0.455 e. The van der Waals surface area contributed by atoms with Gasteiger partial charge in [0.2, 0.25) is 0 Å². The fraction of sp³-hybridized carbons (Fsp3) is 0. The van der Waals surface area contributed by atoms with Gasteiger partial charge in [-0.3, -0.25) is 0 Å². The highest BCUT2D eigenvalue weighted by Crippen LogP contribution is 2.45. The lowest BCUT2D eigenvalue weighted by Gasteiger charge is -2.27. The van der Waals surface area contributed by atoms with Gasteiger partial charge in [-0.2, -0.15) is 0 Å². The van der Waals surface area contributed by atoms with Gasteiger partial charge in [0.1, 0.15) is 22.3 Å². The molecule has 0 amide bonds. The van der Waals surface area contributed by atoms with E-state index in [1.807, 2.05) is 18.2 Å². The van der Waals surface area contributed by atoms with E-state index in [9.17, 15) is 0 Å². The fourth-order valence-corrected chi connectivity index (χ4v) is 9.70. The van der Waals surface area contributed by atoms with Crippen LogP contribution in [0.2, 0.25) is 0 Å². The Balaban J connectivity index is 1.02. The van der Waals surface area contributed by atoms with E-state index in [1.54, 1.807) is 0 Å². The van der Waals surface area contributed by atoms with Gasteiger partial charge in [-0.25, -0.2) is 0 Å². The summed E-state index contributed by atoms with van der Waals surface area (Å²) >= 11 is 0. The van der Waals surface area contributed by atoms with Crippen LogP contribution < -0.4 is 4.90 Å². The standard InChI is InChI=1S/C58H36N2O2/c1-2-14-39-33-43(32-27-37(39)13-1)59(41-30-28-38(29-31-41)45-21-12-22-50-48-19-5-9-25-55(48)61-57(45)50)44-35-51(58-52(36-44)49-20-6-10-26-56(49)62-58)40-15-11-16-42(34-40)60-53-23-7-3-17-46(53)47-18-4-8-24-54(47)60/h1-36H. The zero-order valence-corrected chi connectivity index (χ0v) is 33.5. The van der Waals surface area contributed by atoms with Crippen molar-refractivity contribution in [3.63, 3.8) is 0 Å². The van der Waals surface area contributed by atoms with E-state index in [4.69, 9.17) is 8.83 Å². The number of hydrogen-bond donors (Lipinski definition) is 0. The molecule has 0 saturated heterocycles. The number of nitrogens with zero attached hydrogens (tertiary/aromatic N) is 2. The molecular weight excluding hydrogens is 757 g/mol. The number of fused-ring (bicyclic) bond motifs is 10. The third-order valence-electron chi connectivity index (χ3n) is 12.5. The van der Waals surface area contributed by atoms with E-state index >= 15 is 0 Å². The molecule has 4 nitrogen and oxygen atoms in total. The summed E-state index contributed by atoms with van der Waals surface area (Å²) in [6.45, 7) is 0. The molecular formula is C58H36N2O2. The van der Waals surface area contributed by atoms with Gasteiger partial charge in [-0.1, -0.05) is 146 Å². The summed E-state index contributed by atoms with van der Waals surface area (Å²) in [5, 5.41) is 9.24.